The highest BCUT2D eigenvalue weighted by Crippen LogP contribution is 2.26. The molecule has 0 amide bonds. The number of halogens is 1. The van der Waals surface area contributed by atoms with E-state index >= 15 is 0 Å². The molecule has 5 nitrogen and oxygen atoms in total. The van der Waals surface area contributed by atoms with Gasteiger partial charge < -0.3 is 10.1 Å². The summed E-state index contributed by atoms with van der Waals surface area (Å²) in [5.74, 6) is 0.734. The van der Waals surface area contributed by atoms with Gasteiger partial charge in [0.1, 0.15) is 5.75 Å². The number of nitrogens with zero attached hydrogens (tertiary/aromatic N) is 1. The van der Waals surface area contributed by atoms with Gasteiger partial charge in [-0.15, -0.1) is 0 Å². The summed E-state index contributed by atoms with van der Waals surface area (Å²) in [6.45, 7) is 0.671. The van der Waals surface area contributed by atoms with Gasteiger partial charge in [0.05, 0.1) is 22.7 Å². The molecule has 0 radical (unpaired) electrons. The fourth-order valence-electron chi connectivity index (χ4n) is 1.89. The maximum absolute atomic E-state index is 10.6. The van der Waals surface area contributed by atoms with Crippen molar-refractivity contribution in [2.45, 2.75) is 6.42 Å². The minimum atomic E-state index is -0.405. The Kier molecular flexibility index (Phi) is 5.00. The highest BCUT2D eigenvalue weighted by Gasteiger charge is 2.05. The van der Waals surface area contributed by atoms with Crippen molar-refractivity contribution in [1.29, 1.82) is 0 Å². The van der Waals surface area contributed by atoms with Crippen LogP contribution in [0.3, 0.4) is 0 Å². The predicted molar refractivity (Wildman–Crippen MR) is 83.3 cm³/mol. The number of benzene rings is 2. The van der Waals surface area contributed by atoms with Crippen LogP contribution >= 0.6 is 11.6 Å². The zero-order chi connectivity index (χ0) is 15.2. The molecule has 0 atom stereocenters. The zero-order valence-corrected chi connectivity index (χ0v) is 12.3. The molecule has 1 N–H and O–H groups in total. The smallest absolute Gasteiger partial charge is 0.269 e. The first kappa shape index (κ1) is 15.1. The van der Waals surface area contributed by atoms with Gasteiger partial charge >= 0.3 is 0 Å². The molecule has 0 aliphatic rings. The van der Waals surface area contributed by atoms with E-state index in [1.807, 2.05) is 6.07 Å². The summed E-state index contributed by atoms with van der Waals surface area (Å²) >= 11 is 6.10. The monoisotopic (exact) mass is 306 g/mol. The Morgan fingerprint density at radius 2 is 1.95 bits per heavy atom. The topological polar surface area (TPSA) is 64.4 Å². The lowest BCUT2D eigenvalue weighted by atomic mass is 10.1. The fraction of sp³-hybridized carbons (Fsp3) is 0.200. The molecular weight excluding hydrogens is 292 g/mol. The molecule has 2 aromatic carbocycles. The summed E-state index contributed by atoms with van der Waals surface area (Å²) in [5.41, 5.74) is 1.92. The van der Waals surface area contributed by atoms with Crippen LogP contribution in [0.1, 0.15) is 5.56 Å². The van der Waals surface area contributed by atoms with Gasteiger partial charge in [0.2, 0.25) is 0 Å². The number of hydrogen-bond donors (Lipinski definition) is 1. The van der Waals surface area contributed by atoms with Crippen molar-refractivity contribution >= 4 is 23.0 Å². The standard InChI is InChI=1S/C15H15ClN2O3/c1-21-13-6-7-14(16)15(10-13)17-9-8-11-2-4-12(5-3-11)18(19)20/h2-7,10,17H,8-9H2,1H3. The van der Waals surface area contributed by atoms with Crippen LogP contribution in [0.15, 0.2) is 42.5 Å². The van der Waals surface area contributed by atoms with E-state index < -0.39 is 4.92 Å². The number of nitro groups is 1. The van der Waals surface area contributed by atoms with E-state index in [9.17, 15) is 10.1 Å². The number of nitrogens with one attached hydrogen (secondary N) is 1. The van der Waals surface area contributed by atoms with Crippen molar-refractivity contribution in [3.8, 4) is 5.75 Å². The van der Waals surface area contributed by atoms with Gasteiger partial charge in [-0.1, -0.05) is 23.7 Å². The maximum Gasteiger partial charge on any atom is 0.269 e. The summed E-state index contributed by atoms with van der Waals surface area (Å²) in [5, 5.41) is 14.4. The molecule has 0 aromatic heterocycles. The lowest BCUT2D eigenvalue weighted by Gasteiger charge is -2.10. The molecular formula is C15H15ClN2O3. The summed E-state index contributed by atoms with van der Waals surface area (Å²) in [6, 6.07) is 11.9. The molecule has 0 fully saturated rings. The molecule has 110 valence electrons. The lowest BCUT2D eigenvalue weighted by Crippen LogP contribution is -2.05. The summed E-state index contributed by atoms with van der Waals surface area (Å²) in [4.78, 5) is 10.2. The molecule has 0 aliphatic carbocycles. The van der Waals surface area contributed by atoms with E-state index in [0.29, 0.717) is 11.6 Å². The Balaban J connectivity index is 1.93. The van der Waals surface area contributed by atoms with E-state index in [4.69, 9.17) is 16.3 Å². The molecule has 0 spiro atoms. The van der Waals surface area contributed by atoms with Crippen molar-refractivity contribution in [2.75, 3.05) is 19.0 Å². The number of methoxy groups -OCH3 is 1. The first-order valence-electron chi connectivity index (χ1n) is 6.41. The molecule has 0 unspecified atom stereocenters. The number of ether oxygens (including phenoxy) is 1. The second kappa shape index (κ2) is 6.95. The first-order chi connectivity index (χ1) is 10.1. The quantitative estimate of drug-likeness (QED) is 0.649. The highest BCUT2D eigenvalue weighted by molar-refractivity contribution is 6.33. The molecule has 0 saturated heterocycles. The third-order valence-electron chi connectivity index (χ3n) is 3.05. The Hall–Kier alpha value is -2.27. The van der Waals surface area contributed by atoms with Crippen LogP contribution in [-0.2, 0) is 6.42 Å². The molecule has 2 rings (SSSR count). The predicted octanol–water partition coefficient (Wildman–Crippen LogP) is 3.91. The van der Waals surface area contributed by atoms with Crippen molar-refractivity contribution in [3.63, 3.8) is 0 Å². The van der Waals surface area contributed by atoms with E-state index in [2.05, 4.69) is 5.32 Å². The molecule has 6 heteroatoms. The van der Waals surface area contributed by atoms with Gasteiger partial charge in [-0.3, -0.25) is 10.1 Å². The lowest BCUT2D eigenvalue weighted by molar-refractivity contribution is -0.384. The Morgan fingerprint density at radius 1 is 1.24 bits per heavy atom. The summed E-state index contributed by atoms with van der Waals surface area (Å²) < 4.78 is 5.15. The van der Waals surface area contributed by atoms with Crippen molar-refractivity contribution in [1.82, 2.24) is 0 Å². The van der Waals surface area contributed by atoms with Crippen molar-refractivity contribution in [2.24, 2.45) is 0 Å². The van der Waals surface area contributed by atoms with Crippen LogP contribution in [0, 0.1) is 10.1 Å². The molecule has 2 aromatic rings. The number of anilines is 1. The van der Waals surface area contributed by atoms with Crippen molar-refractivity contribution < 1.29 is 9.66 Å². The second-order valence-electron chi connectivity index (χ2n) is 4.45. The second-order valence-corrected chi connectivity index (χ2v) is 4.85. The van der Waals surface area contributed by atoms with Crippen LogP contribution in [0.2, 0.25) is 5.02 Å². The summed E-state index contributed by atoms with van der Waals surface area (Å²) in [6.07, 6.45) is 0.742. The van der Waals surface area contributed by atoms with Crippen LogP contribution in [-0.4, -0.2) is 18.6 Å². The number of nitro benzene ring substituents is 1. The van der Waals surface area contributed by atoms with E-state index in [-0.39, 0.29) is 5.69 Å². The van der Waals surface area contributed by atoms with Gasteiger partial charge in [0.15, 0.2) is 0 Å². The number of rotatable bonds is 6. The minimum Gasteiger partial charge on any atom is -0.497 e. The average molecular weight is 307 g/mol. The number of non-ortho nitro benzene ring substituents is 1. The van der Waals surface area contributed by atoms with E-state index in [1.165, 1.54) is 12.1 Å². The van der Waals surface area contributed by atoms with Gasteiger partial charge in [-0.05, 0) is 24.1 Å². The molecule has 0 saturated carbocycles. The normalized spacial score (nSPS) is 10.2. The SMILES string of the molecule is COc1ccc(Cl)c(NCCc2ccc([N+](=O)[O-])cc2)c1. The van der Waals surface area contributed by atoms with Crippen LogP contribution in [0.4, 0.5) is 11.4 Å². The van der Waals surface area contributed by atoms with E-state index in [0.717, 1.165) is 23.4 Å². The maximum atomic E-state index is 10.6. The van der Waals surface area contributed by atoms with Crippen LogP contribution < -0.4 is 10.1 Å². The average Bonchev–Trinajstić information content (AvgIpc) is 2.49. The third kappa shape index (κ3) is 4.10. The third-order valence-corrected chi connectivity index (χ3v) is 3.38. The Labute approximate surface area is 127 Å². The van der Waals surface area contributed by atoms with Crippen molar-refractivity contribution in [3.05, 3.63) is 63.2 Å². The Morgan fingerprint density at radius 3 is 2.57 bits per heavy atom. The van der Waals surface area contributed by atoms with Gasteiger partial charge in [0.25, 0.3) is 5.69 Å². The van der Waals surface area contributed by atoms with Gasteiger partial charge in [-0.2, -0.15) is 0 Å². The number of hydrogen-bond acceptors (Lipinski definition) is 4. The highest BCUT2D eigenvalue weighted by atomic mass is 35.5. The molecule has 0 aliphatic heterocycles. The zero-order valence-electron chi connectivity index (χ0n) is 11.5. The minimum absolute atomic E-state index is 0.0996. The first-order valence-corrected chi connectivity index (χ1v) is 6.78. The molecule has 21 heavy (non-hydrogen) atoms. The molecule has 0 bridgehead atoms. The van der Waals surface area contributed by atoms with Gasteiger partial charge in [-0.25, -0.2) is 0 Å². The molecule has 0 heterocycles. The fourth-order valence-corrected chi connectivity index (χ4v) is 2.08. The largest absolute Gasteiger partial charge is 0.497 e. The summed E-state index contributed by atoms with van der Waals surface area (Å²) in [7, 11) is 1.60. The van der Waals surface area contributed by atoms with Gasteiger partial charge in [0, 0.05) is 24.7 Å². The van der Waals surface area contributed by atoms with Crippen LogP contribution in [0.5, 0.6) is 5.75 Å². The van der Waals surface area contributed by atoms with Crippen LogP contribution in [0.25, 0.3) is 0 Å². The Bertz CT molecular complexity index is 629. The van der Waals surface area contributed by atoms with E-state index in [1.54, 1.807) is 31.4 Å².